The molecule has 7 heteroatoms. The van der Waals surface area contributed by atoms with Gasteiger partial charge in [-0.25, -0.2) is 4.68 Å². The van der Waals surface area contributed by atoms with Crippen LogP contribution in [-0.2, 0) is 0 Å². The van der Waals surface area contributed by atoms with E-state index in [9.17, 15) is 0 Å². The van der Waals surface area contributed by atoms with Gasteiger partial charge in [-0.2, -0.15) is 9.78 Å². The van der Waals surface area contributed by atoms with Gasteiger partial charge < -0.3 is 0 Å². The molecule has 0 N–H and O–H groups in total. The summed E-state index contributed by atoms with van der Waals surface area (Å²) in [6.45, 7) is 3.90. The molecule has 0 spiro atoms. The van der Waals surface area contributed by atoms with Gasteiger partial charge in [-0.3, -0.25) is 0 Å². The minimum absolute atomic E-state index is 0.567. The number of nitrogens with zero attached hydrogens (tertiary/aromatic N) is 6. The maximum atomic E-state index is 4.44. The summed E-state index contributed by atoms with van der Waals surface area (Å²) in [5.41, 5.74) is 2.76. The predicted octanol–water partition coefficient (Wildman–Crippen LogP) is 2.23. The highest BCUT2D eigenvalue weighted by Crippen LogP contribution is 2.22. The van der Waals surface area contributed by atoms with E-state index in [2.05, 4.69) is 36.6 Å². The van der Waals surface area contributed by atoms with Gasteiger partial charge in [-0.05, 0) is 52.3 Å². The van der Waals surface area contributed by atoms with Crippen molar-refractivity contribution >= 4 is 15.9 Å². The number of rotatable bonds is 2. The van der Waals surface area contributed by atoms with E-state index in [1.165, 1.54) is 0 Å². The molecule has 0 amide bonds. The van der Waals surface area contributed by atoms with E-state index in [4.69, 9.17) is 0 Å². The van der Waals surface area contributed by atoms with Crippen molar-refractivity contribution in [3.63, 3.8) is 0 Å². The van der Waals surface area contributed by atoms with E-state index in [-0.39, 0.29) is 0 Å². The maximum absolute atomic E-state index is 4.44. The van der Waals surface area contributed by atoms with E-state index < -0.39 is 0 Å². The highest BCUT2D eigenvalue weighted by molar-refractivity contribution is 9.10. The van der Waals surface area contributed by atoms with Gasteiger partial charge in [-0.1, -0.05) is 23.3 Å². The molecule has 96 valence electrons. The van der Waals surface area contributed by atoms with Crippen molar-refractivity contribution in [3.8, 4) is 11.6 Å². The molecule has 0 bridgehead atoms. The van der Waals surface area contributed by atoms with Crippen LogP contribution in [-0.4, -0.2) is 30.0 Å². The average molecular weight is 319 g/mol. The Bertz CT molecular complexity index is 715. The van der Waals surface area contributed by atoms with Crippen LogP contribution >= 0.6 is 15.9 Å². The van der Waals surface area contributed by atoms with Crippen LogP contribution in [0.2, 0.25) is 0 Å². The summed E-state index contributed by atoms with van der Waals surface area (Å²) in [5.74, 6) is 0.567. The smallest absolute Gasteiger partial charge is 0.200 e. The molecule has 0 unspecified atom stereocenters. The molecule has 0 fully saturated rings. The second-order valence-electron chi connectivity index (χ2n) is 4.12. The molecule has 0 saturated heterocycles. The van der Waals surface area contributed by atoms with Crippen molar-refractivity contribution in [1.82, 2.24) is 30.0 Å². The van der Waals surface area contributed by atoms with Crippen LogP contribution in [0.1, 0.15) is 11.4 Å². The Morgan fingerprint density at radius 1 is 1.05 bits per heavy atom. The zero-order chi connectivity index (χ0) is 13.4. The van der Waals surface area contributed by atoms with Crippen molar-refractivity contribution in [2.24, 2.45) is 0 Å². The zero-order valence-electron chi connectivity index (χ0n) is 10.4. The Labute approximate surface area is 118 Å². The van der Waals surface area contributed by atoms with Crippen molar-refractivity contribution in [3.05, 3.63) is 46.2 Å². The van der Waals surface area contributed by atoms with E-state index >= 15 is 0 Å². The first-order chi connectivity index (χ1) is 9.18. The molecule has 6 nitrogen and oxygen atoms in total. The average Bonchev–Trinajstić information content (AvgIpc) is 3.01. The van der Waals surface area contributed by atoms with E-state index in [0.717, 1.165) is 21.5 Å². The number of tetrazole rings is 1. The third-order valence-corrected chi connectivity index (χ3v) is 3.99. The van der Waals surface area contributed by atoms with Gasteiger partial charge in [0.25, 0.3) is 5.95 Å². The number of hydrogen-bond donors (Lipinski definition) is 0. The van der Waals surface area contributed by atoms with Crippen LogP contribution < -0.4 is 0 Å². The predicted molar refractivity (Wildman–Crippen MR) is 73.5 cm³/mol. The Morgan fingerprint density at radius 2 is 1.79 bits per heavy atom. The fourth-order valence-electron chi connectivity index (χ4n) is 1.87. The number of aryl methyl sites for hydroxylation is 1. The highest BCUT2D eigenvalue weighted by Gasteiger charge is 2.16. The van der Waals surface area contributed by atoms with E-state index in [0.29, 0.717) is 5.95 Å². The number of aromatic nitrogens is 6. The van der Waals surface area contributed by atoms with Gasteiger partial charge in [0.15, 0.2) is 0 Å². The lowest BCUT2D eigenvalue weighted by Crippen LogP contribution is -2.09. The molecule has 0 aliphatic rings. The Morgan fingerprint density at radius 3 is 2.42 bits per heavy atom. The van der Waals surface area contributed by atoms with Crippen LogP contribution in [0.15, 0.2) is 34.8 Å². The molecule has 2 aromatic heterocycles. The van der Waals surface area contributed by atoms with Crippen molar-refractivity contribution in [2.45, 2.75) is 13.8 Å². The molecule has 2 heterocycles. The highest BCUT2D eigenvalue weighted by atomic mass is 79.9. The van der Waals surface area contributed by atoms with Gasteiger partial charge >= 0.3 is 0 Å². The molecule has 1 aromatic carbocycles. The molecule has 0 aliphatic carbocycles. The van der Waals surface area contributed by atoms with Crippen molar-refractivity contribution < 1.29 is 0 Å². The van der Waals surface area contributed by atoms with Crippen LogP contribution in [0, 0.1) is 13.8 Å². The Balaban J connectivity index is 2.18. The van der Waals surface area contributed by atoms with Crippen LogP contribution in [0.3, 0.4) is 0 Å². The van der Waals surface area contributed by atoms with Crippen LogP contribution in [0.25, 0.3) is 11.6 Å². The summed E-state index contributed by atoms with van der Waals surface area (Å²) >= 11 is 3.51. The van der Waals surface area contributed by atoms with Crippen molar-refractivity contribution in [1.29, 1.82) is 0 Å². The fourth-order valence-corrected chi connectivity index (χ4v) is 2.12. The summed E-state index contributed by atoms with van der Waals surface area (Å²) in [7, 11) is 0. The van der Waals surface area contributed by atoms with Gasteiger partial charge in [0.1, 0.15) is 0 Å². The van der Waals surface area contributed by atoms with Gasteiger partial charge in [0.2, 0.25) is 0 Å². The summed E-state index contributed by atoms with van der Waals surface area (Å²) in [6.07, 6.45) is 0. The second kappa shape index (κ2) is 4.58. The molecule has 19 heavy (non-hydrogen) atoms. The topological polar surface area (TPSA) is 61.4 Å². The molecular weight excluding hydrogens is 308 g/mol. The SMILES string of the molecule is Cc1nn(-c2nnnn2-c2ccccc2)c(C)c1Br. The molecule has 3 rings (SSSR count). The van der Waals surface area contributed by atoms with E-state index in [1.807, 2.05) is 44.2 Å². The lowest BCUT2D eigenvalue weighted by atomic mass is 10.3. The third-order valence-electron chi connectivity index (χ3n) is 2.85. The minimum Gasteiger partial charge on any atom is -0.200 e. The summed E-state index contributed by atoms with van der Waals surface area (Å²) in [4.78, 5) is 0. The second-order valence-corrected chi connectivity index (χ2v) is 4.92. The van der Waals surface area contributed by atoms with Gasteiger partial charge in [0, 0.05) is 0 Å². The fraction of sp³-hybridized carbons (Fsp3) is 0.167. The van der Waals surface area contributed by atoms with Gasteiger partial charge in [0.05, 0.1) is 21.5 Å². The minimum atomic E-state index is 0.567. The zero-order valence-corrected chi connectivity index (χ0v) is 12.0. The Kier molecular flexibility index (Phi) is 2.90. The molecule has 0 saturated carbocycles. The number of benzene rings is 1. The monoisotopic (exact) mass is 318 g/mol. The summed E-state index contributed by atoms with van der Waals surface area (Å²) in [5, 5.41) is 16.3. The molecule has 3 aromatic rings. The Hall–Kier alpha value is -2.02. The number of para-hydroxylation sites is 1. The molecule has 0 aliphatic heterocycles. The van der Waals surface area contributed by atoms with Crippen LogP contribution in [0.5, 0.6) is 0 Å². The first-order valence-corrected chi connectivity index (χ1v) is 6.53. The first kappa shape index (κ1) is 12.0. The standard InChI is InChI=1S/C12H11BrN6/c1-8-11(13)9(2)18(15-8)12-14-16-17-19(12)10-6-4-3-5-7-10/h3-7H,1-2H3. The van der Waals surface area contributed by atoms with Gasteiger partial charge in [-0.15, -0.1) is 0 Å². The third kappa shape index (κ3) is 1.95. The van der Waals surface area contributed by atoms with Crippen LogP contribution in [0.4, 0.5) is 0 Å². The largest absolute Gasteiger partial charge is 0.275 e. The molecule has 0 atom stereocenters. The van der Waals surface area contributed by atoms with Crippen molar-refractivity contribution in [2.75, 3.05) is 0 Å². The lowest BCUT2D eigenvalue weighted by molar-refractivity contribution is 0.723. The number of hydrogen-bond acceptors (Lipinski definition) is 4. The number of halogens is 1. The molecular formula is C12H11BrN6. The quantitative estimate of drug-likeness (QED) is 0.727. The van der Waals surface area contributed by atoms with E-state index in [1.54, 1.807) is 9.36 Å². The normalized spacial score (nSPS) is 10.9. The lowest BCUT2D eigenvalue weighted by Gasteiger charge is -2.05. The summed E-state index contributed by atoms with van der Waals surface area (Å²) < 4.78 is 4.35. The summed E-state index contributed by atoms with van der Waals surface area (Å²) in [6, 6.07) is 9.73. The maximum Gasteiger partial charge on any atom is 0.275 e. The first-order valence-electron chi connectivity index (χ1n) is 5.74. The molecule has 0 radical (unpaired) electrons.